The topological polar surface area (TPSA) is 119 Å². The lowest BCUT2D eigenvalue weighted by atomic mass is 10.1. The molecule has 110 valence electrons. The molecule has 8 heteroatoms. The second kappa shape index (κ2) is 7.27. The van der Waals surface area contributed by atoms with Crippen molar-refractivity contribution in [3.05, 3.63) is 17.5 Å². The van der Waals surface area contributed by atoms with Crippen molar-refractivity contribution in [3.63, 3.8) is 0 Å². The third-order valence-corrected chi connectivity index (χ3v) is 2.41. The van der Waals surface area contributed by atoms with Crippen molar-refractivity contribution < 1.29 is 28.8 Å². The highest BCUT2D eigenvalue weighted by atomic mass is 16.5. The number of amides is 1. The van der Waals surface area contributed by atoms with E-state index in [0.29, 0.717) is 5.76 Å². The van der Waals surface area contributed by atoms with E-state index in [9.17, 15) is 14.4 Å². The fourth-order valence-corrected chi connectivity index (χ4v) is 1.46. The molecule has 20 heavy (non-hydrogen) atoms. The van der Waals surface area contributed by atoms with Crippen molar-refractivity contribution in [2.24, 2.45) is 0 Å². The monoisotopic (exact) mass is 284 g/mol. The maximum Gasteiger partial charge on any atom is 0.326 e. The van der Waals surface area contributed by atoms with E-state index < -0.39 is 23.9 Å². The molecule has 1 rings (SSSR count). The van der Waals surface area contributed by atoms with E-state index in [-0.39, 0.29) is 25.1 Å². The molecule has 0 aromatic carbocycles. The number of carboxylic acid groups (broad SMARTS) is 1. The molecule has 0 saturated heterocycles. The maximum atomic E-state index is 11.7. The van der Waals surface area contributed by atoms with Gasteiger partial charge in [-0.3, -0.25) is 9.59 Å². The van der Waals surface area contributed by atoms with Crippen LogP contribution in [0, 0.1) is 6.92 Å². The van der Waals surface area contributed by atoms with E-state index in [1.807, 2.05) is 0 Å². The molecule has 0 aliphatic rings. The van der Waals surface area contributed by atoms with Crippen molar-refractivity contribution in [1.82, 2.24) is 10.5 Å². The molecule has 0 saturated carbocycles. The van der Waals surface area contributed by atoms with Crippen LogP contribution in [0.1, 0.15) is 36.0 Å². The van der Waals surface area contributed by atoms with Gasteiger partial charge in [0.1, 0.15) is 11.8 Å². The second-order valence-corrected chi connectivity index (χ2v) is 4.03. The van der Waals surface area contributed by atoms with Gasteiger partial charge in [-0.25, -0.2) is 4.79 Å². The van der Waals surface area contributed by atoms with Gasteiger partial charge in [0.25, 0.3) is 5.91 Å². The van der Waals surface area contributed by atoms with Crippen molar-refractivity contribution in [2.75, 3.05) is 6.61 Å². The number of carboxylic acids is 1. The molecule has 2 N–H and O–H groups in total. The van der Waals surface area contributed by atoms with Crippen LogP contribution in [0.2, 0.25) is 0 Å². The van der Waals surface area contributed by atoms with Gasteiger partial charge < -0.3 is 19.7 Å². The lowest BCUT2D eigenvalue weighted by Crippen LogP contribution is -2.41. The second-order valence-electron chi connectivity index (χ2n) is 4.03. The van der Waals surface area contributed by atoms with Crippen molar-refractivity contribution in [3.8, 4) is 0 Å². The fourth-order valence-electron chi connectivity index (χ4n) is 1.46. The number of carbonyl (C=O) groups is 3. The Balaban J connectivity index is 2.57. The van der Waals surface area contributed by atoms with Gasteiger partial charge in [-0.15, -0.1) is 0 Å². The first kappa shape index (κ1) is 15.7. The number of aromatic nitrogens is 1. The summed E-state index contributed by atoms with van der Waals surface area (Å²) < 4.78 is 9.42. The third kappa shape index (κ3) is 4.71. The molecule has 1 atom stereocenters. The van der Waals surface area contributed by atoms with Gasteiger partial charge in [0.05, 0.1) is 6.61 Å². The smallest absolute Gasteiger partial charge is 0.326 e. The van der Waals surface area contributed by atoms with Crippen LogP contribution in [0.5, 0.6) is 0 Å². The standard InChI is InChI=1S/C12H16N2O6/c1-3-19-10(15)5-4-8(12(17)18)13-11(16)9-6-7(2)20-14-9/h6,8H,3-5H2,1-2H3,(H,13,16)(H,17,18)/t8-/m0/s1. The first-order valence-electron chi connectivity index (χ1n) is 6.06. The Morgan fingerprint density at radius 1 is 1.50 bits per heavy atom. The van der Waals surface area contributed by atoms with E-state index in [0.717, 1.165) is 0 Å². The van der Waals surface area contributed by atoms with Gasteiger partial charge in [0, 0.05) is 12.5 Å². The summed E-state index contributed by atoms with van der Waals surface area (Å²) in [5.41, 5.74) is -0.00937. The lowest BCUT2D eigenvalue weighted by molar-refractivity contribution is -0.144. The quantitative estimate of drug-likeness (QED) is 0.700. The Morgan fingerprint density at radius 3 is 2.70 bits per heavy atom. The zero-order valence-electron chi connectivity index (χ0n) is 11.2. The SMILES string of the molecule is CCOC(=O)CC[C@H](NC(=O)c1cc(C)on1)C(=O)O. The largest absolute Gasteiger partial charge is 0.480 e. The van der Waals surface area contributed by atoms with Crippen molar-refractivity contribution in [1.29, 1.82) is 0 Å². The Bertz CT molecular complexity index is 496. The Morgan fingerprint density at radius 2 is 2.20 bits per heavy atom. The molecule has 0 radical (unpaired) electrons. The number of aryl methyl sites for hydroxylation is 1. The van der Waals surface area contributed by atoms with Crippen LogP contribution >= 0.6 is 0 Å². The fraction of sp³-hybridized carbons (Fsp3) is 0.500. The molecule has 0 aliphatic heterocycles. The lowest BCUT2D eigenvalue weighted by Gasteiger charge is -2.12. The number of esters is 1. The van der Waals surface area contributed by atoms with Gasteiger partial charge in [-0.05, 0) is 20.3 Å². The Labute approximate surface area is 115 Å². The Kier molecular flexibility index (Phi) is 5.70. The predicted octanol–water partition coefficient (Wildman–Crippen LogP) is 0.509. The highest BCUT2D eigenvalue weighted by molar-refractivity contribution is 5.95. The number of ether oxygens (including phenoxy) is 1. The number of carbonyl (C=O) groups excluding carboxylic acids is 2. The molecule has 0 unspecified atom stereocenters. The number of aliphatic carboxylic acids is 1. The van der Waals surface area contributed by atoms with E-state index in [4.69, 9.17) is 14.4 Å². The van der Waals surface area contributed by atoms with E-state index in [1.165, 1.54) is 6.07 Å². The average molecular weight is 284 g/mol. The van der Waals surface area contributed by atoms with Crippen LogP contribution in [0.3, 0.4) is 0 Å². The summed E-state index contributed by atoms with van der Waals surface area (Å²) in [4.78, 5) is 33.9. The van der Waals surface area contributed by atoms with Crippen LogP contribution in [0.15, 0.2) is 10.6 Å². The van der Waals surface area contributed by atoms with Gasteiger partial charge >= 0.3 is 11.9 Å². The maximum absolute atomic E-state index is 11.7. The number of nitrogens with zero attached hydrogens (tertiary/aromatic N) is 1. The molecule has 1 heterocycles. The summed E-state index contributed by atoms with van der Waals surface area (Å²) >= 11 is 0. The minimum Gasteiger partial charge on any atom is -0.480 e. The Hall–Kier alpha value is -2.38. The minimum absolute atomic E-state index is 0.00937. The van der Waals surface area contributed by atoms with E-state index in [2.05, 4.69) is 10.5 Å². The van der Waals surface area contributed by atoms with Gasteiger partial charge in [-0.2, -0.15) is 0 Å². The molecule has 0 fully saturated rings. The molecule has 1 amide bonds. The molecular formula is C12H16N2O6. The van der Waals surface area contributed by atoms with Crippen LogP contribution in [-0.2, 0) is 14.3 Å². The third-order valence-electron chi connectivity index (χ3n) is 2.41. The number of rotatable bonds is 7. The first-order chi connectivity index (χ1) is 9.43. The summed E-state index contributed by atoms with van der Waals surface area (Å²) in [5.74, 6) is -1.97. The van der Waals surface area contributed by atoms with Crippen LogP contribution in [0.25, 0.3) is 0 Å². The van der Waals surface area contributed by atoms with E-state index in [1.54, 1.807) is 13.8 Å². The zero-order valence-corrected chi connectivity index (χ0v) is 11.2. The summed E-state index contributed by atoms with van der Waals surface area (Å²) in [6.45, 7) is 3.49. The van der Waals surface area contributed by atoms with Gasteiger partial charge in [0.15, 0.2) is 5.69 Å². The molecule has 0 spiro atoms. The molecule has 1 aromatic rings. The molecular weight excluding hydrogens is 268 g/mol. The van der Waals surface area contributed by atoms with Crippen LogP contribution in [0.4, 0.5) is 0 Å². The van der Waals surface area contributed by atoms with Crippen molar-refractivity contribution in [2.45, 2.75) is 32.7 Å². The summed E-state index contributed by atoms with van der Waals surface area (Å²) in [5, 5.41) is 14.8. The normalized spacial score (nSPS) is 11.7. The minimum atomic E-state index is -1.23. The van der Waals surface area contributed by atoms with Gasteiger partial charge in [0.2, 0.25) is 0 Å². The predicted molar refractivity (Wildman–Crippen MR) is 66.0 cm³/mol. The molecule has 8 nitrogen and oxygen atoms in total. The van der Waals surface area contributed by atoms with Crippen LogP contribution < -0.4 is 5.32 Å². The molecule has 1 aromatic heterocycles. The van der Waals surface area contributed by atoms with E-state index >= 15 is 0 Å². The highest BCUT2D eigenvalue weighted by Crippen LogP contribution is 2.05. The zero-order chi connectivity index (χ0) is 15.1. The molecule has 0 aliphatic carbocycles. The molecule has 0 bridgehead atoms. The summed E-state index contributed by atoms with van der Waals surface area (Å²) in [6.07, 6.45) is -0.153. The van der Waals surface area contributed by atoms with Crippen LogP contribution in [-0.4, -0.2) is 40.8 Å². The summed E-state index contributed by atoms with van der Waals surface area (Å²) in [6, 6.07) is 0.198. The van der Waals surface area contributed by atoms with Crippen molar-refractivity contribution >= 4 is 17.8 Å². The first-order valence-corrected chi connectivity index (χ1v) is 6.06. The average Bonchev–Trinajstić information content (AvgIpc) is 2.81. The number of nitrogens with one attached hydrogen (secondary N) is 1. The number of hydrogen-bond donors (Lipinski definition) is 2. The van der Waals surface area contributed by atoms with Gasteiger partial charge in [-0.1, -0.05) is 5.16 Å². The number of hydrogen-bond acceptors (Lipinski definition) is 6. The summed E-state index contributed by atoms with van der Waals surface area (Å²) in [7, 11) is 0. The highest BCUT2D eigenvalue weighted by Gasteiger charge is 2.23.